The van der Waals surface area contributed by atoms with Crippen molar-refractivity contribution in [2.24, 2.45) is 0 Å². The molecule has 0 fully saturated rings. The van der Waals surface area contributed by atoms with E-state index in [1.54, 1.807) is 0 Å². The second-order valence-electron chi connectivity index (χ2n) is 15.7. The molecule has 0 heterocycles. The van der Waals surface area contributed by atoms with Crippen LogP contribution in [-0.4, -0.2) is 37.2 Å². The van der Waals surface area contributed by atoms with Crippen LogP contribution in [0.1, 0.15) is 239 Å². The molecule has 6 heteroatoms. The van der Waals surface area contributed by atoms with Gasteiger partial charge in [-0.2, -0.15) is 0 Å². The van der Waals surface area contributed by atoms with Crippen LogP contribution in [0.2, 0.25) is 0 Å². The number of hydrogen-bond donors (Lipinski definition) is 0. The lowest BCUT2D eigenvalue weighted by Crippen LogP contribution is -2.30. The summed E-state index contributed by atoms with van der Waals surface area (Å²) >= 11 is 0. The molecule has 0 spiro atoms. The zero-order valence-corrected chi connectivity index (χ0v) is 36.4. The Balaban J connectivity index is 4.41. The fourth-order valence-electron chi connectivity index (χ4n) is 6.56. The smallest absolute Gasteiger partial charge is 0.306 e. The number of rotatable bonds is 42. The van der Waals surface area contributed by atoms with Crippen LogP contribution >= 0.6 is 0 Å². The van der Waals surface area contributed by atoms with Crippen molar-refractivity contribution in [1.82, 2.24) is 0 Å². The van der Waals surface area contributed by atoms with E-state index in [1.807, 2.05) is 6.08 Å². The monoisotopic (exact) mass is 773 g/mol. The van der Waals surface area contributed by atoms with E-state index in [-0.39, 0.29) is 37.5 Å². The van der Waals surface area contributed by atoms with Gasteiger partial charge < -0.3 is 14.2 Å². The second-order valence-corrected chi connectivity index (χ2v) is 15.7. The number of ether oxygens (including phenoxy) is 3. The minimum atomic E-state index is -0.807. The Bertz CT molecular complexity index is 938. The summed E-state index contributed by atoms with van der Waals surface area (Å²) in [6.07, 6.45) is 50.1. The predicted molar refractivity (Wildman–Crippen MR) is 233 cm³/mol. The van der Waals surface area contributed by atoms with Crippen LogP contribution in [0, 0.1) is 0 Å². The van der Waals surface area contributed by atoms with Crippen molar-refractivity contribution >= 4 is 17.9 Å². The Morgan fingerprint density at radius 3 is 1.18 bits per heavy atom. The molecule has 0 aromatic heterocycles. The minimum absolute atomic E-state index is 0.101. The molecular weight excluding hydrogens is 685 g/mol. The molecule has 0 amide bonds. The van der Waals surface area contributed by atoms with E-state index < -0.39 is 6.10 Å². The molecule has 320 valence electrons. The number of allylic oxidation sites excluding steroid dienone is 6. The summed E-state index contributed by atoms with van der Waals surface area (Å²) in [4.78, 5) is 37.6. The van der Waals surface area contributed by atoms with Crippen molar-refractivity contribution in [3.8, 4) is 0 Å². The van der Waals surface area contributed by atoms with Crippen molar-refractivity contribution in [3.05, 3.63) is 36.5 Å². The lowest BCUT2D eigenvalue weighted by molar-refractivity contribution is -0.166. The molecule has 0 saturated carbocycles. The van der Waals surface area contributed by atoms with Crippen LogP contribution in [0.15, 0.2) is 36.5 Å². The van der Waals surface area contributed by atoms with Crippen LogP contribution in [0.5, 0.6) is 0 Å². The maximum absolute atomic E-state index is 12.7. The summed E-state index contributed by atoms with van der Waals surface area (Å²) in [7, 11) is 0. The van der Waals surface area contributed by atoms with Gasteiger partial charge in [0.25, 0.3) is 0 Å². The largest absolute Gasteiger partial charge is 0.462 e. The number of carbonyl (C=O) groups is 3. The lowest BCUT2D eigenvalue weighted by Gasteiger charge is -2.18. The number of carbonyl (C=O) groups excluding carboxylic acids is 3. The zero-order chi connectivity index (χ0) is 40.1. The van der Waals surface area contributed by atoms with Crippen LogP contribution in [0.25, 0.3) is 0 Å². The molecule has 0 aromatic rings. The van der Waals surface area contributed by atoms with Crippen molar-refractivity contribution in [3.63, 3.8) is 0 Å². The molecule has 0 aliphatic carbocycles. The van der Waals surface area contributed by atoms with Crippen LogP contribution in [-0.2, 0) is 28.6 Å². The maximum Gasteiger partial charge on any atom is 0.306 e. The van der Waals surface area contributed by atoms with Crippen molar-refractivity contribution in [2.45, 2.75) is 245 Å². The van der Waals surface area contributed by atoms with E-state index in [9.17, 15) is 14.4 Å². The Morgan fingerprint density at radius 2 is 0.709 bits per heavy atom. The third kappa shape index (κ3) is 42.6. The summed E-state index contributed by atoms with van der Waals surface area (Å²) < 4.78 is 16.6. The number of unbranched alkanes of at least 4 members (excludes halogenated alkanes) is 25. The first-order valence-electron chi connectivity index (χ1n) is 23.5. The molecule has 0 aliphatic rings. The summed E-state index contributed by atoms with van der Waals surface area (Å²) in [5.41, 5.74) is 0. The standard InChI is InChI=1S/C49H88O6/c1-4-7-10-13-16-19-21-23-24-26-27-30-33-36-39-42-48(51)54-45-46(44-53-47(50)41-38-35-32-29-18-15-12-9-6-3)55-49(52)43-40-37-34-31-28-25-22-20-17-14-11-8-5-2/h25,28-29,32,34,37,46H,4-24,26-27,30-31,33,35-36,38-45H2,1-3H3/b28-25-,32-29-,37-34-. The molecule has 1 atom stereocenters. The van der Waals surface area contributed by atoms with E-state index >= 15 is 0 Å². The highest BCUT2D eigenvalue weighted by molar-refractivity contribution is 5.71. The van der Waals surface area contributed by atoms with Gasteiger partial charge in [0.2, 0.25) is 0 Å². The van der Waals surface area contributed by atoms with Gasteiger partial charge in [0, 0.05) is 19.3 Å². The minimum Gasteiger partial charge on any atom is -0.462 e. The predicted octanol–water partition coefficient (Wildman–Crippen LogP) is 15.0. The van der Waals surface area contributed by atoms with Crippen LogP contribution in [0.4, 0.5) is 0 Å². The van der Waals surface area contributed by atoms with Gasteiger partial charge in [0.05, 0.1) is 0 Å². The third-order valence-corrected chi connectivity index (χ3v) is 10.1. The van der Waals surface area contributed by atoms with E-state index in [4.69, 9.17) is 14.2 Å². The average Bonchev–Trinajstić information content (AvgIpc) is 3.18. The highest BCUT2D eigenvalue weighted by Gasteiger charge is 2.19. The molecular formula is C49H88O6. The fourth-order valence-corrected chi connectivity index (χ4v) is 6.56. The Labute approximate surface area is 340 Å². The van der Waals surface area contributed by atoms with Gasteiger partial charge in [-0.15, -0.1) is 0 Å². The van der Waals surface area contributed by atoms with E-state index in [0.717, 1.165) is 44.9 Å². The number of hydrogen-bond acceptors (Lipinski definition) is 6. The molecule has 0 aliphatic heterocycles. The topological polar surface area (TPSA) is 78.9 Å². The van der Waals surface area contributed by atoms with E-state index in [0.29, 0.717) is 25.7 Å². The quantitative estimate of drug-likeness (QED) is 0.0266. The molecule has 6 nitrogen and oxygen atoms in total. The molecule has 0 N–H and O–H groups in total. The first-order valence-corrected chi connectivity index (χ1v) is 23.5. The van der Waals surface area contributed by atoms with Crippen LogP contribution in [0.3, 0.4) is 0 Å². The third-order valence-electron chi connectivity index (χ3n) is 10.1. The first kappa shape index (κ1) is 52.6. The summed E-state index contributed by atoms with van der Waals surface area (Å²) in [6, 6.07) is 0. The van der Waals surface area contributed by atoms with E-state index in [1.165, 1.54) is 141 Å². The van der Waals surface area contributed by atoms with Gasteiger partial charge in [-0.3, -0.25) is 14.4 Å². The van der Waals surface area contributed by atoms with E-state index in [2.05, 4.69) is 51.2 Å². The zero-order valence-electron chi connectivity index (χ0n) is 36.4. The fraction of sp³-hybridized carbons (Fsp3) is 0.816. The maximum atomic E-state index is 12.7. The summed E-state index contributed by atoms with van der Waals surface area (Å²) in [5.74, 6) is -1.00. The molecule has 0 aromatic carbocycles. The number of esters is 3. The highest BCUT2D eigenvalue weighted by Crippen LogP contribution is 2.15. The second kappa shape index (κ2) is 44.3. The van der Waals surface area contributed by atoms with Crippen molar-refractivity contribution in [1.29, 1.82) is 0 Å². The Kier molecular flexibility index (Phi) is 42.4. The molecule has 0 bridgehead atoms. The molecule has 0 radical (unpaired) electrons. The Hall–Kier alpha value is -2.37. The molecule has 1 unspecified atom stereocenters. The molecule has 55 heavy (non-hydrogen) atoms. The normalized spacial score (nSPS) is 12.3. The van der Waals surface area contributed by atoms with Gasteiger partial charge >= 0.3 is 17.9 Å². The lowest BCUT2D eigenvalue weighted by atomic mass is 10.0. The SMILES string of the molecule is CCCCCC/C=C\CCCC(=O)OCC(COC(=O)CCCCCCCCCCCCCCCCC)OC(=O)CC/C=C\C/C=C\CCCCCCCC. The van der Waals surface area contributed by atoms with Gasteiger partial charge in [-0.1, -0.05) is 198 Å². The Morgan fingerprint density at radius 1 is 0.364 bits per heavy atom. The van der Waals surface area contributed by atoms with Gasteiger partial charge in [-0.05, 0) is 57.8 Å². The van der Waals surface area contributed by atoms with Gasteiger partial charge in [0.1, 0.15) is 13.2 Å². The molecule has 0 rings (SSSR count). The molecule has 0 saturated heterocycles. The van der Waals surface area contributed by atoms with Crippen molar-refractivity contribution in [2.75, 3.05) is 13.2 Å². The summed E-state index contributed by atoms with van der Waals surface area (Å²) in [5, 5.41) is 0. The van der Waals surface area contributed by atoms with Crippen LogP contribution < -0.4 is 0 Å². The first-order chi connectivity index (χ1) is 27.0. The average molecular weight is 773 g/mol. The van der Waals surface area contributed by atoms with Gasteiger partial charge in [0.15, 0.2) is 6.10 Å². The van der Waals surface area contributed by atoms with Gasteiger partial charge in [-0.25, -0.2) is 0 Å². The highest BCUT2D eigenvalue weighted by atomic mass is 16.6. The van der Waals surface area contributed by atoms with Crippen molar-refractivity contribution < 1.29 is 28.6 Å². The summed E-state index contributed by atoms with van der Waals surface area (Å²) in [6.45, 7) is 6.52.